The number of anilines is 1. The van der Waals surface area contributed by atoms with Crippen LogP contribution in [0.3, 0.4) is 0 Å². The van der Waals surface area contributed by atoms with Crippen LogP contribution in [0.5, 0.6) is 0 Å². The van der Waals surface area contributed by atoms with Gasteiger partial charge in [0.25, 0.3) is 0 Å². The number of nitrogens with zero attached hydrogens (tertiary/aromatic N) is 1. The lowest BCUT2D eigenvalue weighted by Crippen LogP contribution is -2.40. The molecule has 1 aliphatic heterocycles. The van der Waals surface area contributed by atoms with Crippen LogP contribution in [0.1, 0.15) is 10.4 Å². The van der Waals surface area contributed by atoms with E-state index in [1.165, 1.54) is 12.1 Å². The summed E-state index contributed by atoms with van der Waals surface area (Å²) in [4.78, 5) is 24.7. The van der Waals surface area contributed by atoms with Crippen LogP contribution in [0.15, 0.2) is 22.7 Å². The van der Waals surface area contributed by atoms with Gasteiger partial charge in [0, 0.05) is 34.8 Å². The van der Waals surface area contributed by atoms with Crippen LogP contribution >= 0.6 is 27.7 Å². The summed E-state index contributed by atoms with van der Waals surface area (Å²) in [5.74, 6) is 0.852. The van der Waals surface area contributed by atoms with E-state index >= 15 is 0 Å². The van der Waals surface area contributed by atoms with Gasteiger partial charge in [-0.1, -0.05) is 15.9 Å². The Morgan fingerprint density at radius 3 is 2.58 bits per heavy atom. The molecule has 102 valence electrons. The van der Waals surface area contributed by atoms with E-state index in [1.54, 1.807) is 11.0 Å². The van der Waals surface area contributed by atoms with Crippen LogP contribution < -0.4 is 5.32 Å². The van der Waals surface area contributed by atoms with E-state index in [0.29, 0.717) is 10.2 Å². The van der Waals surface area contributed by atoms with Crippen LogP contribution in [-0.2, 0) is 0 Å². The minimum Gasteiger partial charge on any atom is -0.478 e. The van der Waals surface area contributed by atoms with Crippen LogP contribution in [-0.4, -0.2) is 46.6 Å². The number of carbonyl (C=O) groups excluding carboxylic acids is 1. The Labute approximate surface area is 123 Å². The van der Waals surface area contributed by atoms with Gasteiger partial charge in [-0.25, -0.2) is 9.59 Å². The lowest BCUT2D eigenvalue weighted by molar-refractivity contribution is 0.0697. The minimum atomic E-state index is -1.02. The summed E-state index contributed by atoms with van der Waals surface area (Å²) in [7, 11) is 0. The third-order valence-corrected chi connectivity index (χ3v) is 4.09. The number of thioether (sulfide) groups is 1. The molecule has 2 amide bonds. The van der Waals surface area contributed by atoms with Gasteiger partial charge in [0.1, 0.15) is 0 Å². The third-order valence-electron chi connectivity index (χ3n) is 2.69. The number of carboxylic acid groups (broad SMARTS) is 1. The molecule has 1 aliphatic rings. The molecule has 0 unspecified atom stereocenters. The molecule has 1 saturated heterocycles. The maximum absolute atomic E-state index is 12.0. The normalized spacial score (nSPS) is 15.1. The van der Waals surface area contributed by atoms with Gasteiger partial charge < -0.3 is 15.3 Å². The van der Waals surface area contributed by atoms with Crippen molar-refractivity contribution in [1.29, 1.82) is 0 Å². The molecule has 19 heavy (non-hydrogen) atoms. The molecule has 5 nitrogen and oxygen atoms in total. The zero-order valence-corrected chi connectivity index (χ0v) is 12.5. The fourth-order valence-electron chi connectivity index (χ4n) is 1.75. The van der Waals surface area contributed by atoms with Crippen molar-refractivity contribution in [3.8, 4) is 0 Å². The number of urea groups is 1. The predicted molar refractivity (Wildman–Crippen MR) is 79.0 cm³/mol. The number of benzene rings is 1. The summed E-state index contributed by atoms with van der Waals surface area (Å²) in [6.07, 6.45) is 0. The Kier molecular flexibility index (Phi) is 4.71. The second-order valence-corrected chi connectivity index (χ2v) is 6.20. The first-order valence-corrected chi connectivity index (χ1v) is 7.68. The van der Waals surface area contributed by atoms with Gasteiger partial charge in [0.05, 0.1) is 5.56 Å². The van der Waals surface area contributed by atoms with E-state index in [4.69, 9.17) is 5.11 Å². The van der Waals surface area contributed by atoms with Crippen molar-refractivity contribution >= 4 is 45.4 Å². The summed E-state index contributed by atoms with van der Waals surface area (Å²) in [6.45, 7) is 1.44. The molecule has 0 aromatic heterocycles. The summed E-state index contributed by atoms with van der Waals surface area (Å²) in [5, 5.41) is 11.7. The van der Waals surface area contributed by atoms with Crippen LogP contribution in [0.2, 0.25) is 0 Å². The summed E-state index contributed by atoms with van der Waals surface area (Å²) >= 11 is 5.06. The van der Waals surface area contributed by atoms with Crippen molar-refractivity contribution in [3.63, 3.8) is 0 Å². The molecule has 0 spiro atoms. The Bertz CT molecular complexity index is 504. The van der Waals surface area contributed by atoms with E-state index in [1.807, 2.05) is 11.8 Å². The number of amides is 2. The molecule has 2 N–H and O–H groups in total. The largest absolute Gasteiger partial charge is 0.478 e. The van der Waals surface area contributed by atoms with Crippen molar-refractivity contribution in [2.24, 2.45) is 0 Å². The van der Waals surface area contributed by atoms with Crippen LogP contribution in [0.4, 0.5) is 10.5 Å². The monoisotopic (exact) mass is 344 g/mol. The molecule has 0 radical (unpaired) electrons. The highest BCUT2D eigenvalue weighted by atomic mass is 79.9. The topological polar surface area (TPSA) is 69.6 Å². The van der Waals surface area contributed by atoms with E-state index in [2.05, 4.69) is 21.2 Å². The highest BCUT2D eigenvalue weighted by molar-refractivity contribution is 9.10. The number of hydrogen-bond donors (Lipinski definition) is 2. The molecular weight excluding hydrogens is 332 g/mol. The molecule has 0 saturated carbocycles. The first kappa shape index (κ1) is 14.2. The lowest BCUT2D eigenvalue weighted by Gasteiger charge is -2.26. The van der Waals surface area contributed by atoms with Gasteiger partial charge in [-0.05, 0) is 18.2 Å². The maximum Gasteiger partial charge on any atom is 0.335 e. The second-order valence-electron chi connectivity index (χ2n) is 4.06. The Hall–Kier alpha value is -1.21. The first-order chi connectivity index (χ1) is 9.06. The molecule has 0 aliphatic carbocycles. The van der Waals surface area contributed by atoms with Gasteiger partial charge in [0.15, 0.2) is 0 Å². The lowest BCUT2D eigenvalue weighted by atomic mass is 10.2. The summed E-state index contributed by atoms with van der Waals surface area (Å²) in [6, 6.07) is 4.44. The van der Waals surface area contributed by atoms with Crippen molar-refractivity contribution < 1.29 is 14.7 Å². The first-order valence-electron chi connectivity index (χ1n) is 5.74. The molecule has 1 fully saturated rings. The number of carboxylic acids is 1. The minimum absolute atomic E-state index is 0.138. The zero-order chi connectivity index (χ0) is 13.8. The van der Waals surface area contributed by atoms with Crippen molar-refractivity contribution in [2.45, 2.75) is 0 Å². The number of carbonyl (C=O) groups is 2. The summed E-state index contributed by atoms with van der Waals surface area (Å²) in [5.41, 5.74) is 0.619. The van der Waals surface area contributed by atoms with Crippen LogP contribution in [0.25, 0.3) is 0 Å². The zero-order valence-electron chi connectivity index (χ0n) is 10.1. The second kappa shape index (κ2) is 6.29. The average Bonchev–Trinajstić information content (AvgIpc) is 2.39. The Morgan fingerprint density at radius 1 is 1.26 bits per heavy atom. The summed E-state index contributed by atoms with van der Waals surface area (Å²) < 4.78 is 0.622. The highest BCUT2D eigenvalue weighted by Gasteiger charge is 2.17. The highest BCUT2D eigenvalue weighted by Crippen LogP contribution is 2.20. The molecule has 2 rings (SSSR count). The van der Waals surface area contributed by atoms with Gasteiger partial charge in [-0.3, -0.25) is 0 Å². The van der Waals surface area contributed by atoms with Gasteiger partial charge in [0.2, 0.25) is 0 Å². The van der Waals surface area contributed by atoms with Crippen LogP contribution in [0, 0.1) is 0 Å². The molecular formula is C12H13BrN2O3S. The van der Waals surface area contributed by atoms with Crippen molar-refractivity contribution in [3.05, 3.63) is 28.2 Å². The molecule has 0 bridgehead atoms. The number of nitrogens with one attached hydrogen (secondary N) is 1. The molecule has 1 heterocycles. The van der Waals surface area contributed by atoms with E-state index < -0.39 is 5.97 Å². The molecule has 0 atom stereocenters. The molecule has 1 aromatic rings. The quantitative estimate of drug-likeness (QED) is 0.865. The standard InChI is InChI=1S/C12H13BrN2O3S/c13-9-5-8(11(16)17)6-10(7-9)14-12(18)15-1-3-19-4-2-15/h5-7H,1-4H2,(H,14,18)(H,16,17). The van der Waals surface area contributed by atoms with Crippen molar-refractivity contribution in [1.82, 2.24) is 4.90 Å². The fraction of sp³-hybridized carbons (Fsp3) is 0.333. The third kappa shape index (κ3) is 3.87. The van der Waals surface area contributed by atoms with E-state index in [0.717, 1.165) is 24.6 Å². The SMILES string of the molecule is O=C(O)c1cc(Br)cc(NC(=O)N2CCSCC2)c1. The predicted octanol–water partition coefficient (Wildman–Crippen LogP) is 2.73. The van der Waals surface area contributed by atoms with Gasteiger partial charge in [-0.2, -0.15) is 11.8 Å². The number of halogens is 1. The van der Waals surface area contributed by atoms with Gasteiger partial charge in [-0.15, -0.1) is 0 Å². The average molecular weight is 345 g/mol. The number of rotatable bonds is 2. The number of hydrogen-bond acceptors (Lipinski definition) is 3. The van der Waals surface area contributed by atoms with E-state index in [9.17, 15) is 9.59 Å². The van der Waals surface area contributed by atoms with Gasteiger partial charge >= 0.3 is 12.0 Å². The number of aromatic carboxylic acids is 1. The Morgan fingerprint density at radius 2 is 1.95 bits per heavy atom. The van der Waals surface area contributed by atoms with Crippen molar-refractivity contribution in [2.75, 3.05) is 29.9 Å². The smallest absolute Gasteiger partial charge is 0.335 e. The van der Waals surface area contributed by atoms with E-state index in [-0.39, 0.29) is 11.6 Å². The Balaban J connectivity index is 2.09. The molecule has 1 aromatic carbocycles. The maximum atomic E-state index is 12.0. The molecule has 7 heteroatoms. The fourth-order valence-corrected chi connectivity index (χ4v) is 3.15.